The zero-order valence-electron chi connectivity index (χ0n) is 13.3. The molecule has 1 aromatic carbocycles. The van der Waals surface area contributed by atoms with Gasteiger partial charge in [0.05, 0.1) is 5.92 Å². The Morgan fingerprint density at radius 1 is 1.32 bits per heavy atom. The molecule has 0 aliphatic carbocycles. The van der Waals surface area contributed by atoms with E-state index in [1.807, 2.05) is 31.2 Å². The number of aryl methyl sites for hydroxylation is 1. The van der Waals surface area contributed by atoms with E-state index in [0.717, 1.165) is 5.56 Å². The van der Waals surface area contributed by atoms with Crippen LogP contribution in [0.3, 0.4) is 0 Å². The summed E-state index contributed by atoms with van der Waals surface area (Å²) in [5, 5.41) is 9.24. The minimum Gasteiger partial charge on any atom is -0.481 e. The van der Waals surface area contributed by atoms with Gasteiger partial charge in [0.25, 0.3) is 5.91 Å². The molecular formula is C17H23NO4. The molecule has 5 heteroatoms. The van der Waals surface area contributed by atoms with Gasteiger partial charge in [-0.1, -0.05) is 17.7 Å². The first-order valence-electron chi connectivity index (χ1n) is 7.66. The number of hydrogen-bond donors (Lipinski definition) is 1. The average Bonchev–Trinajstić information content (AvgIpc) is 2.48. The van der Waals surface area contributed by atoms with Gasteiger partial charge in [-0.2, -0.15) is 0 Å². The van der Waals surface area contributed by atoms with Crippen molar-refractivity contribution in [3.8, 4) is 5.75 Å². The van der Waals surface area contributed by atoms with Crippen molar-refractivity contribution >= 4 is 11.9 Å². The average molecular weight is 305 g/mol. The van der Waals surface area contributed by atoms with Gasteiger partial charge in [0, 0.05) is 12.6 Å². The number of carboxylic acids is 1. The molecular weight excluding hydrogens is 282 g/mol. The van der Waals surface area contributed by atoms with Gasteiger partial charge in [-0.3, -0.25) is 9.59 Å². The number of carboxylic acid groups (broad SMARTS) is 1. The summed E-state index contributed by atoms with van der Waals surface area (Å²) < 4.78 is 5.69. The van der Waals surface area contributed by atoms with Crippen molar-refractivity contribution in [1.82, 2.24) is 4.90 Å². The molecule has 1 heterocycles. The zero-order valence-corrected chi connectivity index (χ0v) is 13.3. The highest BCUT2D eigenvalue weighted by Crippen LogP contribution is 2.25. The van der Waals surface area contributed by atoms with Gasteiger partial charge in [0.2, 0.25) is 0 Å². The van der Waals surface area contributed by atoms with Gasteiger partial charge >= 0.3 is 5.97 Å². The lowest BCUT2D eigenvalue weighted by atomic mass is 9.90. The fourth-order valence-corrected chi connectivity index (χ4v) is 2.89. The molecule has 0 saturated carbocycles. The van der Waals surface area contributed by atoms with Crippen molar-refractivity contribution in [1.29, 1.82) is 0 Å². The van der Waals surface area contributed by atoms with Gasteiger partial charge < -0.3 is 14.7 Å². The Labute approximate surface area is 130 Å². The van der Waals surface area contributed by atoms with Gasteiger partial charge in [-0.15, -0.1) is 0 Å². The molecule has 3 atom stereocenters. The lowest BCUT2D eigenvalue weighted by molar-refractivity contribution is -0.151. The molecule has 0 bridgehead atoms. The minimum atomic E-state index is -0.836. The lowest BCUT2D eigenvalue weighted by Crippen LogP contribution is -2.52. The molecule has 0 aromatic heterocycles. The molecule has 22 heavy (non-hydrogen) atoms. The quantitative estimate of drug-likeness (QED) is 0.928. The van der Waals surface area contributed by atoms with Crippen molar-refractivity contribution in [2.75, 3.05) is 6.54 Å². The number of amides is 1. The normalized spacial score (nSPS) is 23.0. The first kappa shape index (κ1) is 16.3. The van der Waals surface area contributed by atoms with E-state index < -0.39 is 18.0 Å². The number of carbonyl (C=O) groups is 2. The fourth-order valence-electron chi connectivity index (χ4n) is 2.89. The zero-order chi connectivity index (χ0) is 16.3. The SMILES string of the molecule is Cc1ccc(OC(C)C(=O)N2CCC[C@H](C(=O)O)[C@@H]2C)cc1. The molecule has 1 aromatic rings. The number of aliphatic carboxylic acids is 1. The molecule has 2 rings (SSSR count). The maximum absolute atomic E-state index is 12.6. The molecule has 1 saturated heterocycles. The fraction of sp³-hybridized carbons (Fsp3) is 0.529. The Morgan fingerprint density at radius 3 is 2.55 bits per heavy atom. The first-order chi connectivity index (χ1) is 10.4. The number of rotatable bonds is 4. The third-order valence-electron chi connectivity index (χ3n) is 4.27. The molecule has 120 valence electrons. The van der Waals surface area contributed by atoms with Gasteiger partial charge in [0.15, 0.2) is 6.10 Å². The predicted octanol–water partition coefficient (Wildman–Crippen LogP) is 2.47. The second-order valence-corrected chi connectivity index (χ2v) is 5.93. The van der Waals surface area contributed by atoms with Crippen LogP contribution in [0.25, 0.3) is 0 Å². The minimum absolute atomic E-state index is 0.154. The Bertz CT molecular complexity index is 540. The number of benzene rings is 1. The van der Waals surface area contributed by atoms with Crippen LogP contribution in [0.5, 0.6) is 5.75 Å². The standard InChI is InChI=1S/C17H23NO4/c1-11-6-8-14(9-7-11)22-13(3)16(19)18-10-4-5-15(12(18)2)17(20)21/h6-9,12-13,15H,4-5,10H2,1-3H3,(H,20,21)/t12-,13?,15-/m0/s1. The number of hydrogen-bond acceptors (Lipinski definition) is 3. The van der Waals surface area contributed by atoms with Crippen LogP contribution in [0.1, 0.15) is 32.3 Å². The summed E-state index contributed by atoms with van der Waals surface area (Å²) in [5.74, 6) is -0.841. The van der Waals surface area contributed by atoms with Gasteiger partial charge in [-0.25, -0.2) is 0 Å². The molecule has 0 spiro atoms. The predicted molar refractivity (Wildman–Crippen MR) is 82.8 cm³/mol. The molecule has 0 radical (unpaired) electrons. The topological polar surface area (TPSA) is 66.8 Å². The number of nitrogens with zero attached hydrogens (tertiary/aromatic N) is 1. The molecule has 1 N–H and O–H groups in total. The van der Waals surface area contributed by atoms with Crippen LogP contribution in [0.2, 0.25) is 0 Å². The van der Waals surface area contributed by atoms with Crippen LogP contribution < -0.4 is 4.74 Å². The molecule has 1 aliphatic rings. The van der Waals surface area contributed by atoms with Gasteiger partial charge in [0.1, 0.15) is 5.75 Å². The van der Waals surface area contributed by atoms with Crippen LogP contribution in [-0.4, -0.2) is 40.6 Å². The Hall–Kier alpha value is -2.04. The van der Waals surface area contributed by atoms with E-state index in [-0.39, 0.29) is 11.9 Å². The van der Waals surface area contributed by atoms with Crippen molar-refractivity contribution in [3.05, 3.63) is 29.8 Å². The van der Waals surface area contributed by atoms with Gasteiger partial charge in [-0.05, 0) is 45.7 Å². The maximum Gasteiger partial charge on any atom is 0.308 e. The molecule has 5 nitrogen and oxygen atoms in total. The van der Waals surface area contributed by atoms with Crippen LogP contribution in [0.4, 0.5) is 0 Å². The van der Waals surface area contributed by atoms with E-state index in [9.17, 15) is 14.7 Å². The molecule has 1 aliphatic heterocycles. The third kappa shape index (κ3) is 3.59. The number of piperidine rings is 1. The number of carbonyl (C=O) groups excluding carboxylic acids is 1. The first-order valence-corrected chi connectivity index (χ1v) is 7.66. The summed E-state index contributed by atoms with van der Waals surface area (Å²) in [6.45, 7) is 6.08. The van der Waals surface area contributed by atoms with Crippen LogP contribution >= 0.6 is 0 Å². The monoisotopic (exact) mass is 305 g/mol. The lowest BCUT2D eigenvalue weighted by Gasteiger charge is -2.38. The highest BCUT2D eigenvalue weighted by Gasteiger charge is 2.37. The summed E-state index contributed by atoms with van der Waals surface area (Å²) >= 11 is 0. The highest BCUT2D eigenvalue weighted by molar-refractivity contribution is 5.82. The van der Waals surface area contributed by atoms with E-state index in [0.29, 0.717) is 25.1 Å². The summed E-state index contributed by atoms with van der Waals surface area (Å²) in [5.41, 5.74) is 1.13. The summed E-state index contributed by atoms with van der Waals surface area (Å²) in [6, 6.07) is 7.22. The number of likely N-dealkylation sites (tertiary alicyclic amines) is 1. The molecule has 1 fully saturated rings. The molecule has 1 amide bonds. The largest absolute Gasteiger partial charge is 0.481 e. The van der Waals surface area contributed by atoms with E-state index in [1.165, 1.54) is 0 Å². The van der Waals surface area contributed by atoms with Crippen molar-refractivity contribution in [2.45, 2.75) is 45.8 Å². The second kappa shape index (κ2) is 6.81. The van der Waals surface area contributed by atoms with Crippen LogP contribution in [0, 0.1) is 12.8 Å². The summed E-state index contributed by atoms with van der Waals surface area (Å²) in [4.78, 5) is 25.5. The van der Waals surface area contributed by atoms with E-state index in [2.05, 4.69) is 0 Å². The Balaban J connectivity index is 2.03. The van der Waals surface area contributed by atoms with E-state index >= 15 is 0 Å². The van der Waals surface area contributed by atoms with Crippen LogP contribution in [0.15, 0.2) is 24.3 Å². The number of ether oxygens (including phenoxy) is 1. The van der Waals surface area contributed by atoms with Crippen molar-refractivity contribution < 1.29 is 19.4 Å². The van der Waals surface area contributed by atoms with Crippen LogP contribution in [-0.2, 0) is 9.59 Å². The van der Waals surface area contributed by atoms with Crippen molar-refractivity contribution in [2.24, 2.45) is 5.92 Å². The molecule has 1 unspecified atom stereocenters. The second-order valence-electron chi connectivity index (χ2n) is 5.93. The van der Waals surface area contributed by atoms with E-state index in [1.54, 1.807) is 18.7 Å². The smallest absolute Gasteiger partial charge is 0.308 e. The third-order valence-corrected chi connectivity index (χ3v) is 4.27. The summed E-state index contributed by atoms with van der Waals surface area (Å²) in [6.07, 6.45) is 0.704. The summed E-state index contributed by atoms with van der Waals surface area (Å²) in [7, 11) is 0. The van der Waals surface area contributed by atoms with E-state index in [4.69, 9.17) is 4.74 Å². The Kier molecular flexibility index (Phi) is 5.06. The van der Waals surface area contributed by atoms with Crippen molar-refractivity contribution in [3.63, 3.8) is 0 Å². The Morgan fingerprint density at radius 2 is 1.95 bits per heavy atom. The maximum atomic E-state index is 12.6. The highest BCUT2D eigenvalue weighted by atomic mass is 16.5.